The van der Waals surface area contributed by atoms with Crippen molar-refractivity contribution in [2.75, 3.05) is 20.2 Å². The molecule has 1 saturated heterocycles. The van der Waals surface area contributed by atoms with Gasteiger partial charge in [-0.3, -0.25) is 4.90 Å². The van der Waals surface area contributed by atoms with Gasteiger partial charge < -0.3 is 9.84 Å². The summed E-state index contributed by atoms with van der Waals surface area (Å²) in [5.74, 6) is 0.887. The second kappa shape index (κ2) is 7.42. The lowest BCUT2D eigenvalue weighted by Crippen LogP contribution is -2.62. The number of benzene rings is 2. The Bertz CT molecular complexity index is 732. The molecule has 138 valence electrons. The van der Waals surface area contributed by atoms with Crippen LogP contribution in [0.1, 0.15) is 36.8 Å². The van der Waals surface area contributed by atoms with Crippen molar-refractivity contribution in [3.63, 3.8) is 0 Å². The number of piperidine rings is 1. The van der Waals surface area contributed by atoms with Crippen LogP contribution >= 0.6 is 0 Å². The number of nitrogens with zero attached hydrogens (tertiary/aromatic N) is 1. The topological polar surface area (TPSA) is 32.7 Å². The molecule has 2 bridgehead atoms. The molecule has 3 nitrogen and oxygen atoms in total. The lowest BCUT2D eigenvalue weighted by Gasteiger charge is -2.54. The molecule has 0 unspecified atom stereocenters. The third-order valence-corrected chi connectivity index (χ3v) is 6.54. The van der Waals surface area contributed by atoms with E-state index in [9.17, 15) is 5.11 Å². The fourth-order valence-electron chi connectivity index (χ4n) is 5.05. The zero-order valence-electron chi connectivity index (χ0n) is 15.6. The number of aliphatic hydroxyl groups excluding tert-OH is 1. The first-order valence-electron chi connectivity index (χ1n) is 9.83. The molecule has 0 aromatic heterocycles. The van der Waals surface area contributed by atoms with Crippen LogP contribution in [-0.2, 0) is 11.8 Å². The molecule has 3 atom stereocenters. The van der Waals surface area contributed by atoms with Gasteiger partial charge in [0.05, 0.1) is 13.2 Å². The maximum Gasteiger partial charge on any atom is 0.119 e. The van der Waals surface area contributed by atoms with Crippen molar-refractivity contribution in [3.8, 4) is 5.75 Å². The summed E-state index contributed by atoms with van der Waals surface area (Å²) in [5.41, 5.74) is 2.51. The van der Waals surface area contributed by atoms with Crippen molar-refractivity contribution in [2.45, 2.75) is 49.7 Å². The van der Waals surface area contributed by atoms with Crippen LogP contribution in [0, 0.1) is 0 Å². The summed E-state index contributed by atoms with van der Waals surface area (Å²) >= 11 is 0. The highest BCUT2D eigenvalue weighted by atomic mass is 16.5. The summed E-state index contributed by atoms with van der Waals surface area (Å²) in [5, 5.41) is 11.3. The fraction of sp³-hybridized carbons (Fsp3) is 0.478. The highest BCUT2D eigenvalue weighted by Crippen LogP contribution is 2.47. The number of rotatable bonds is 5. The number of methoxy groups -OCH3 is 1. The van der Waals surface area contributed by atoms with E-state index in [1.165, 1.54) is 17.5 Å². The Labute approximate surface area is 156 Å². The van der Waals surface area contributed by atoms with E-state index >= 15 is 0 Å². The van der Waals surface area contributed by atoms with Gasteiger partial charge in [-0.25, -0.2) is 0 Å². The number of aliphatic hydroxyl groups is 1. The molecular weight excluding hydrogens is 322 g/mol. The zero-order chi connectivity index (χ0) is 18.0. The van der Waals surface area contributed by atoms with Crippen molar-refractivity contribution in [1.29, 1.82) is 0 Å². The van der Waals surface area contributed by atoms with Crippen LogP contribution < -0.4 is 4.74 Å². The molecule has 1 N–H and O–H groups in total. The summed E-state index contributed by atoms with van der Waals surface area (Å²) in [6.45, 7) is 2.09. The first kappa shape index (κ1) is 17.6. The highest BCUT2D eigenvalue weighted by molar-refractivity contribution is 5.37. The van der Waals surface area contributed by atoms with Gasteiger partial charge in [-0.2, -0.15) is 0 Å². The van der Waals surface area contributed by atoms with Gasteiger partial charge >= 0.3 is 0 Å². The summed E-state index contributed by atoms with van der Waals surface area (Å²) in [6, 6.07) is 19.3. The summed E-state index contributed by atoms with van der Waals surface area (Å²) in [7, 11) is 1.71. The minimum atomic E-state index is -0.298. The van der Waals surface area contributed by atoms with Gasteiger partial charge in [0, 0.05) is 18.0 Å². The monoisotopic (exact) mass is 351 g/mol. The van der Waals surface area contributed by atoms with Crippen molar-refractivity contribution >= 4 is 0 Å². The molecule has 2 aromatic rings. The number of likely N-dealkylation sites (tertiary alicyclic amines) is 1. The molecule has 1 heterocycles. The van der Waals surface area contributed by atoms with Gasteiger partial charge in [-0.1, -0.05) is 48.9 Å². The second-order valence-electron chi connectivity index (χ2n) is 7.81. The highest BCUT2D eigenvalue weighted by Gasteiger charge is 2.50. The van der Waals surface area contributed by atoms with Gasteiger partial charge in [-0.05, 0) is 55.5 Å². The SMILES string of the molecule is COc1cccc([C@]23CCC[C@H]([C@H]2O)N(CCc2ccccc2)CC3)c1. The Morgan fingerprint density at radius 2 is 1.96 bits per heavy atom. The summed E-state index contributed by atoms with van der Waals surface area (Å²) in [4.78, 5) is 2.52. The standard InChI is InChI=1S/C23H29NO2/c1-26-20-10-5-9-19(17-20)23-13-6-11-21(22(23)25)24(16-14-23)15-12-18-7-3-2-4-8-18/h2-5,7-10,17,21-22,25H,6,11-16H2,1H3/t21-,22-,23-/m1/s1. The van der Waals surface area contributed by atoms with Gasteiger partial charge in [0.15, 0.2) is 0 Å². The Balaban J connectivity index is 1.52. The maximum absolute atomic E-state index is 11.3. The minimum absolute atomic E-state index is 0.110. The molecule has 0 radical (unpaired) electrons. The Hall–Kier alpha value is -1.84. The van der Waals surface area contributed by atoms with E-state index in [1.54, 1.807) is 7.11 Å². The predicted molar refractivity (Wildman–Crippen MR) is 105 cm³/mol. The molecule has 1 aliphatic heterocycles. The number of hydrogen-bond donors (Lipinski definition) is 1. The van der Waals surface area contributed by atoms with Crippen LogP contribution in [0.3, 0.4) is 0 Å². The lowest BCUT2D eigenvalue weighted by molar-refractivity contribution is -0.0761. The van der Waals surface area contributed by atoms with Crippen LogP contribution in [0.4, 0.5) is 0 Å². The van der Waals surface area contributed by atoms with Gasteiger partial charge in [0.1, 0.15) is 5.75 Å². The Morgan fingerprint density at radius 3 is 2.77 bits per heavy atom. The first-order valence-corrected chi connectivity index (χ1v) is 9.83. The van der Waals surface area contributed by atoms with E-state index in [2.05, 4.69) is 53.4 Å². The molecule has 4 rings (SSSR count). The molecule has 2 fully saturated rings. The van der Waals surface area contributed by atoms with Crippen molar-refractivity contribution in [3.05, 3.63) is 65.7 Å². The fourth-order valence-corrected chi connectivity index (χ4v) is 5.05. The molecule has 2 aromatic carbocycles. The molecule has 26 heavy (non-hydrogen) atoms. The largest absolute Gasteiger partial charge is 0.497 e. The van der Waals surface area contributed by atoms with Crippen LogP contribution in [0.5, 0.6) is 5.75 Å². The second-order valence-corrected chi connectivity index (χ2v) is 7.81. The van der Waals surface area contributed by atoms with Crippen LogP contribution in [0.2, 0.25) is 0 Å². The lowest BCUT2D eigenvalue weighted by atomic mass is 9.61. The van der Waals surface area contributed by atoms with E-state index in [4.69, 9.17) is 4.74 Å². The summed E-state index contributed by atoms with van der Waals surface area (Å²) < 4.78 is 5.43. The van der Waals surface area contributed by atoms with Gasteiger partial charge in [0.25, 0.3) is 0 Å². The predicted octanol–water partition coefficient (Wildman–Crippen LogP) is 3.79. The quantitative estimate of drug-likeness (QED) is 0.889. The Morgan fingerprint density at radius 1 is 1.12 bits per heavy atom. The van der Waals surface area contributed by atoms with Crippen molar-refractivity contribution < 1.29 is 9.84 Å². The van der Waals surface area contributed by atoms with E-state index in [0.29, 0.717) is 0 Å². The third-order valence-electron chi connectivity index (χ3n) is 6.54. The molecule has 0 amide bonds. The summed E-state index contributed by atoms with van der Waals surface area (Å²) in [6.07, 6.45) is 5.13. The van der Waals surface area contributed by atoms with Gasteiger partial charge in [-0.15, -0.1) is 0 Å². The Kier molecular flexibility index (Phi) is 5.01. The third kappa shape index (κ3) is 3.15. The van der Waals surface area contributed by atoms with Crippen molar-refractivity contribution in [2.24, 2.45) is 0 Å². The van der Waals surface area contributed by atoms with Crippen LogP contribution in [0.15, 0.2) is 54.6 Å². The van der Waals surface area contributed by atoms with Crippen LogP contribution in [-0.4, -0.2) is 42.4 Å². The van der Waals surface area contributed by atoms with E-state index in [0.717, 1.165) is 44.5 Å². The molecule has 0 spiro atoms. The molecule has 1 aliphatic carbocycles. The van der Waals surface area contributed by atoms with E-state index < -0.39 is 0 Å². The molecule has 2 aliphatic rings. The average Bonchev–Trinajstić information content (AvgIpc) is 2.68. The molecule has 3 heteroatoms. The smallest absolute Gasteiger partial charge is 0.119 e. The number of ether oxygens (including phenoxy) is 1. The zero-order valence-corrected chi connectivity index (χ0v) is 15.6. The first-order chi connectivity index (χ1) is 12.7. The molecule has 1 saturated carbocycles. The van der Waals surface area contributed by atoms with Gasteiger partial charge in [0.2, 0.25) is 0 Å². The van der Waals surface area contributed by atoms with E-state index in [-0.39, 0.29) is 17.6 Å². The normalized spacial score (nSPS) is 28.7. The minimum Gasteiger partial charge on any atom is -0.497 e. The molecular formula is C23H29NO2. The number of hydrogen-bond acceptors (Lipinski definition) is 3. The van der Waals surface area contributed by atoms with Crippen molar-refractivity contribution in [1.82, 2.24) is 4.90 Å². The number of fused-ring (bicyclic) bond motifs is 2. The maximum atomic E-state index is 11.3. The van der Waals surface area contributed by atoms with Crippen LogP contribution in [0.25, 0.3) is 0 Å². The van der Waals surface area contributed by atoms with E-state index in [1.807, 2.05) is 6.07 Å². The average molecular weight is 351 g/mol.